The maximum Gasteiger partial charge on any atom is 0.273 e. The van der Waals surface area contributed by atoms with Crippen LogP contribution >= 0.6 is 0 Å². The first-order valence-electron chi connectivity index (χ1n) is 8.04. The topological polar surface area (TPSA) is 67.2 Å². The number of para-hydroxylation sites is 2. The molecule has 5 heteroatoms. The molecule has 1 heterocycles. The van der Waals surface area contributed by atoms with Crippen molar-refractivity contribution in [3.63, 3.8) is 0 Å². The third-order valence-corrected chi connectivity index (χ3v) is 4.19. The molecule has 0 aliphatic carbocycles. The van der Waals surface area contributed by atoms with E-state index in [2.05, 4.69) is 10.3 Å². The lowest BCUT2D eigenvalue weighted by molar-refractivity contribution is 0.264. The van der Waals surface area contributed by atoms with Crippen LogP contribution in [0, 0.1) is 0 Å². The zero-order chi connectivity index (χ0) is 16.9. The summed E-state index contributed by atoms with van der Waals surface area (Å²) in [4.78, 5) is 17.0. The average Bonchev–Trinajstić information content (AvgIpc) is 2.63. The number of aryl methyl sites for hydroxylation is 1. The van der Waals surface area contributed by atoms with E-state index in [9.17, 15) is 9.90 Å². The Balaban J connectivity index is 1.86. The van der Waals surface area contributed by atoms with E-state index in [1.807, 2.05) is 54.6 Å². The van der Waals surface area contributed by atoms with Crippen LogP contribution in [-0.2, 0) is 13.6 Å². The highest BCUT2D eigenvalue weighted by atomic mass is 16.3. The van der Waals surface area contributed by atoms with E-state index >= 15 is 0 Å². The van der Waals surface area contributed by atoms with Crippen LogP contribution in [-0.4, -0.2) is 21.3 Å². The quantitative estimate of drug-likeness (QED) is 0.729. The largest absolute Gasteiger partial charge is 0.396 e. The third kappa shape index (κ3) is 3.37. The highest BCUT2D eigenvalue weighted by Gasteiger charge is 2.13. The number of benzene rings is 2. The molecule has 124 valence electrons. The normalized spacial score (nSPS) is 12.4. The maximum absolute atomic E-state index is 12.5. The van der Waals surface area contributed by atoms with Gasteiger partial charge in [-0.05, 0) is 24.1 Å². The van der Waals surface area contributed by atoms with Crippen molar-refractivity contribution in [2.75, 3.05) is 6.61 Å². The minimum atomic E-state index is -0.1000. The van der Waals surface area contributed by atoms with Crippen LogP contribution in [0.1, 0.15) is 23.7 Å². The second-order valence-corrected chi connectivity index (χ2v) is 5.77. The Bertz CT molecular complexity index is 875. The summed E-state index contributed by atoms with van der Waals surface area (Å²) in [5.41, 5.74) is 3.09. The summed E-state index contributed by atoms with van der Waals surface area (Å²) >= 11 is 0. The SMILES string of the molecule is Cn1c(=O)c(CN[C@@H](CCO)c2ccccc2)nc2ccccc21. The van der Waals surface area contributed by atoms with Crippen molar-refractivity contribution in [1.82, 2.24) is 14.9 Å². The van der Waals surface area contributed by atoms with Gasteiger partial charge in [-0.2, -0.15) is 0 Å². The van der Waals surface area contributed by atoms with Crippen molar-refractivity contribution in [3.05, 3.63) is 76.2 Å². The molecule has 1 aromatic heterocycles. The van der Waals surface area contributed by atoms with Gasteiger partial charge in [-0.15, -0.1) is 0 Å². The van der Waals surface area contributed by atoms with Crippen molar-refractivity contribution in [3.8, 4) is 0 Å². The van der Waals surface area contributed by atoms with Gasteiger partial charge < -0.3 is 15.0 Å². The molecule has 3 rings (SSSR count). The number of nitrogens with one attached hydrogen (secondary N) is 1. The fourth-order valence-corrected chi connectivity index (χ4v) is 2.87. The molecule has 1 atom stereocenters. The molecule has 0 bridgehead atoms. The monoisotopic (exact) mass is 323 g/mol. The molecule has 24 heavy (non-hydrogen) atoms. The average molecular weight is 323 g/mol. The lowest BCUT2D eigenvalue weighted by Crippen LogP contribution is -2.30. The van der Waals surface area contributed by atoms with E-state index in [0.29, 0.717) is 18.7 Å². The number of fused-ring (bicyclic) bond motifs is 1. The van der Waals surface area contributed by atoms with Crippen LogP contribution in [0.2, 0.25) is 0 Å². The van der Waals surface area contributed by atoms with Crippen LogP contribution in [0.4, 0.5) is 0 Å². The standard InChI is InChI=1S/C19H21N3O2/c1-22-18-10-6-5-9-16(18)21-17(19(22)24)13-20-15(11-12-23)14-7-3-2-4-8-14/h2-10,15,20,23H,11-13H2,1H3/t15-/m0/s1. The van der Waals surface area contributed by atoms with E-state index in [-0.39, 0.29) is 18.2 Å². The van der Waals surface area contributed by atoms with Crippen molar-refractivity contribution < 1.29 is 5.11 Å². The molecular weight excluding hydrogens is 302 g/mol. The number of rotatable bonds is 6. The highest BCUT2D eigenvalue weighted by Crippen LogP contribution is 2.16. The van der Waals surface area contributed by atoms with Gasteiger partial charge in [0.25, 0.3) is 5.56 Å². The molecular formula is C19H21N3O2. The van der Waals surface area contributed by atoms with Crippen LogP contribution in [0.15, 0.2) is 59.4 Å². The predicted molar refractivity (Wildman–Crippen MR) is 94.7 cm³/mol. The summed E-state index contributed by atoms with van der Waals surface area (Å²) < 4.78 is 1.63. The number of aliphatic hydroxyl groups is 1. The fourth-order valence-electron chi connectivity index (χ4n) is 2.87. The molecule has 0 aliphatic rings. The molecule has 3 aromatic rings. The molecule has 0 aliphatic heterocycles. The molecule has 2 N–H and O–H groups in total. The van der Waals surface area contributed by atoms with Gasteiger partial charge >= 0.3 is 0 Å². The molecule has 0 unspecified atom stereocenters. The number of aromatic nitrogens is 2. The first-order chi connectivity index (χ1) is 11.7. The first kappa shape index (κ1) is 16.4. The summed E-state index contributed by atoms with van der Waals surface area (Å²) in [5.74, 6) is 0. The van der Waals surface area contributed by atoms with Crippen LogP contribution in [0.25, 0.3) is 11.0 Å². The smallest absolute Gasteiger partial charge is 0.273 e. The molecule has 0 amide bonds. The summed E-state index contributed by atoms with van der Waals surface area (Å²) in [6.45, 7) is 0.437. The lowest BCUT2D eigenvalue weighted by atomic mass is 10.0. The molecule has 5 nitrogen and oxygen atoms in total. The molecule has 0 spiro atoms. The molecule has 0 saturated carbocycles. The van der Waals surface area contributed by atoms with Gasteiger partial charge in [0.05, 0.1) is 11.0 Å². The van der Waals surface area contributed by atoms with E-state index in [1.54, 1.807) is 11.6 Å². The molecule has 0 saturated heterocycles. The highest BCUT2D eigenvalue weighted by molar-refractivity contribution is 5.74. The fraction of sp³-hybridized carbons (Fsp3) is 0.263. The number of hydrogen-bond acceptors (Lipinski definition) is 4. The number of hydrogen-bond donors (Lipinski definition) is 2. The Hall–Kier alpha value is -2.50. The summed E-state index contributed by atoms with van der Waals surface area (Å²) in [6, 6.07) is 17.5. The minimum absolute atomic E-state index is 0.0193. The maximum atomic E-state index is 12.5. The Morgan fingerprint density at radius 3 is 2.58 bits per heavy atom. The van der Waals surface area contributed by atoms with Gasteiger partial charge in [-0.3, -0.25) is 4.79 Å². The molecule has 0 radical (unpaired) electrons. The zero-order valence-electron chi connectivity index (χ0n) is 13.6. The first-order valence-corrected chi connectivity index (χ1v) is 8.04. The van der Waals surface area contributed by atoms with Gasteiger partial charge in [0.1, 0.15) is 5.69 Å². The Kier molecular flexibility index (Phi) is 5.03. The predicted octanol–water partition coefficient (Wildman–Crippen LogP) is 2.15. The van der Waals surface area contributed by atoms with E-state index < -0.39 is 0 Å². The van der Waals surface area contributed by atoms with Gasteiger partial charge in [0.15, 0.2) is 0 Å². The second kappa shape index (κ2) is 7.38. The van der Waals surface area contributed by atoms with Crippen molar-refractivity contribution in [1.29, 1.82) is 0 Å². The Labute approximate surface area is 140 Å². The van der Waals surface area contributed by atoms with E-state index in [1.165, 1.54) is 0 Å². The third-order valence-electron chi connectivity index (χ3n) is 4.19. The summed E-state index contributed by atoms with van der Waals surface area (Å²) in [7, 11) is 1.76. The van der Waals surface area contributed by atoms with Crippen molar-refractivity contribution >= 4 is 11.0 Å². The Morgan fingerprint density at radius 1 is 1.12 bits per heavy atom. The van der Waals surface area contributed by atoms with Gasteiger partial charge in [-0.1, -0.05) is 42.5 Å². The van der Waals surface area contributed by atoms with E-state index in [4.69, 9.17) is 0 Å². The van der Waals surface area contributed by atoms with Gasteiger partial charge in [0.2, 0.25) is 0 Å². The minimum Gasteiger partial charge on any atom is -0.396 e. The van der Waals surface area contributed by atoms with Gasteiger partial charge in [0, 0.05) is 26.2 Å². The van der Waals surface area contributed by atoms with Crippen molar-refractivity contribution in [2.24, 2.45) is 7.05 Å². The molecule has 2 aromatic carbocycles. The zero-order valence-corrected chi connectivity index (χ0v) is 13.6. The summed E-state index contributed by atoms with van der Waals surface area (Å²) in [5, 5.41) is 12.7. The molecule has 0 fully saturated rings. The van der Waals surface area contributed by atoms with E-state index in [0.717, 1.165) is 16.6 Å². The second-order valence-electron chi connectivity index (χ2n) is 5.77. The van der Waals surface area contributed by atoms with Crippen LogP contribution in [0.3, 0.4) is 0 Å². The van der Waals surface area contributed by atoms with Crippen LogP contribution in [0.5, 0.6) is 0 Å². The Morgan fingerprint density at radius 2 is 1.83 bits per heavy atom. The van der Waals surface area contributed by atoms with Gasteiger partial charge in [-0.25, -0.2) is 4.98 Å². The number of aliphatic hydroxyl groups excluding tert-OH is 1. The summed E-state index contributed by atoms with van der Waals surface area (Å²) in [6.07, 6.45) is 0.581. The van der Waals surface area contributed by atoms with Crippen molar-refractivity contribution in [2.45, 2.75) is 19.0 Å². The van der Waals surface area contributed by atoms with Crippen LogP contribution < -0.4 is 10.9 Å². The number of nitrogens with zero attached hydrogens (tertiary/aromatic N) is 2. The lowest BCUT2D eigenvalue weighted by Gasteiger charge is -2.18.